The molecule has 3 rings (SSSR count). The van der Waals surface area contributed by atoms with Gasteiger partial charge in [0.1, 0.15) is 18.2 Å². The lowest BCUT2D eigenvalue weighted by Gasteiger charge is -2.16. The van der Waals surface area contributed by atoms with Crippen LogP contribution in [-0.4, -0.2) is 9.97 Å². The zero-order valence-electron chi connectivity index (χ0n) is 12.9. The van der Waals surface area contributed by atoms with Crippen molar-refractivity contribution in [3.05, 3.63) is 65.7 Å². The number of benzene rings is 1. The van der Waals surface area contributed by atoms with Crippen molar-refractivity contribution in [2.75, 3.05) is 5.73 Å². The Morgan fingerprint density at radius 2 is 1.00 bits per heavy atom. The number of nitrogen functional groups attached to an aromatic ring is 1. The third-order valence-corrected chi connectivity index (χ3v) is 3.81. The minimum Gasteiger partial charge on any atom is -0.397 e. The maximum Gasteiger partial charge on any atom is 0.102 e. The monoisotopic (exact) mass is 322 g/mol. The molecular weight excluding hydrogens is 312 g/mol. The molecule has 0 saturated heterocycles. The Bertz CT molecular complexity index is 989. The summed E-state index contributed by atoms with van der Waals surface area (Å²) in [4.78, 5) is 7.92. The van der Waals surface area contributed by atoms with Gasteiger partial charge in [0, 0.05) is 35.9 Å². The topological polar surface area (TPSA) is 123 Å². The number of hydrogen-bond donors (Lipinski definition) is 1. The third-order valence-electron chi connectivity index (χ3n) is 3.81. The molecule has 0 saturated carbocycles. The second kappa shape index (κ2) is 6.50. The van der Waals surface area contributed by atoms with Crippen LogP contribution in [0.4, 0.5) is 5.69 Å². The summed E-state index contributed by atoms with van der Waals surface area (Å²) in [6, 6.07) is 13.0. The van der Waals surface area contributed by atoms with Crippen LogP contribution in [0.25, 0.3) is 22.3 Å². The van der Waals surface area contributed by atoms with Gasteiger partial charge in [0.2, 0.25) is 0 Å². The van der Waals surface area contributed by atoms with Crippen LogP contribution in [0.5, 0.6) is 0 Å². The molecule has 3 aromatic rings. The second-order valence-corrected chi connectivity index (χ2v) is 5.10. The molecule has 6 heteroatoms. The molecule has 2 N–H and O–H groups in total. The van der Waals surface area contributed by atoms with E-state index in [1.54, 1.807) is 49.1 Å². The average Bonchev–Trinajstić information content (AvgIpc) is 2.68. The van der Waals surface area contributed by atoms with Gasteiger partial charge >= 0.3 is 0 Å². The molecule has 25 heavy (non-hydrogen) atoms. The summed E-state index contributed by atoms with van der Waals surface area (Å²) >= 11 is 0. The van der Waals surface area contributed by atoms with Gasteiger partial charge in [-0.05, 0) is 35.4 Å². The summed E-state index contributed by atoms with van der Waals surface area (Å²) in [5.74, 6) is 0. The highest BCUT2D eigenvalue weighted by Gasteiger charge is 2.24. The molecule has 0 radical (unpaired) electrons. The van der Waals surface area contributed by atoms with E-state index in [4.69, 9.17) is 5.73 Å². The predicted molar refractivity (Wildman–Crippen MR) is 91.5 cm³/mol. The Balaban J connectivity index is 2.54. The zero-order valence-corrected chi connectivity index (χ0v) is 12.9. The minimum atomic E-state index is 0.0580. The molecule has 6 nitrogen and oxygen atoms in total. The number of nitriles is 3. The van der Waals surface area contributed by atoms with Crippen LogP contribution in [0.1, 0.15) is 16.7 Å². The van der Waals surface area contributed by atoms with Crippen LogP contribution in [0.3, 0.4) is 0 Å². The number of aromatic nitrogens is 2. The van der Waals surface area contributed by atoms with E-state index >= 15 is 0 Å². The van der Waals surface area contributed by atoms with Crippen molar-refractivity contribution in [2.24, 2.45) is 0 Å². The van der Waals surface area contributed by atoms with E-state index in [9.17, 15) is 15.8 Å². The first-order chi connectivity index (χ1) is 12.2. The van der Waals surface area contributed by atoms with Crippen LogP contribution in [0.2, 0.25) is 0 Å². The van der Waals surface area contributed by atoms with Gasteiger partial charge in [-0.25, -0.2) is 0 Å². The van der Waals surface area contributed by atoms with E-state index < -0.39 is 0 Å². The molecule has 0 aliphatic rings. The highest BCUT2D eigenvalue weighted by molar-refractivity contribution is 5.94. The average molecular weight is 322 g/mol. The van der Waals surface area contributed by atoms with Crippen molar-refractivity contribution < 1.29 is 0 Å². The van der Waals surface area contributed by atoms with E-state index in [1.807, 2.05) is 12.1 Å². The first-order valence-corrected chi connectivity index (χ1v) is 7.23. The third kappa shape index (κ3) is 2.53. The van der Waals surface area contributed by atoms with Crippen molar-refractivity contribution in [3.63, 3.8) is 0 Å². The number of nitrogens with two attached hydrogens (primary N) is 1. The van der Waals surface area contributed by atoms with Gasteiger partial charge in [-0.15, -0.1) is 0 Å². The van der Waals surface area contributed by atoms with E-state index in [1.165, 1.54) is 0 Å². The van der Waals surface area contributed by atoms with Gasteiger partial charge in [-0.3, -0.25) is 9.97 Å². The SMILES string of the molecule is N#Cc1c(N)c(C#N)c(-c2ccncc2)c(C#N)c1-c1ccncc1. The maximum absolute atomic E-state index is 9.81. The smallest absolute Gasteiger partial charge is 0.102 e. The largest absolute Gasteiger partial charge is 0.397 e. The summed E-state index contributed by atoms with van der Waals surface area (Å²) < 4.78 is 0. The van der Waals surface area contributed by atoms with E-state index in [0.29, 0.717) is 22.3 Å². The van der Waals surface area contributed by atoms with E-state index in [-0.39, 0.29) is 22.4 Å². The van der Waals surface area contributed by atoms with Crippen LogP contribution in [0.15, 0.2) is 49.1 Å². The molecule has 0 atom stereocenters. The minimum absolute atomic E-state index is 0.0580. The zero-order chi connectivity index (χ0) is 17.8. The molecule has 0 bridgehead atoms. The van der Waals surface area contributed by atoms with Crippen molar-refractivity contribution in [2.45, 2.75) is 0 Å². The van der Waals surface area contributed by atoms with Crippen LogP contribution < -0.4 is 5.73 Å². The molecule has 1 aromatic carbocycles. The molecule has 0 unspecified atom stereocenters. The molecule has 2 aromatic heterocycles. The maximum atomic E-state index is 9.81. The number of anilines is 1. The second-order valence-electron chi connectivity index (χ2n) is 5.10. The fourth-order valence-electron chi connectivity index (χ4n) is 2.73. The molecule has 0 amide bonds. The van der Waals surface area contributed by atoms with Gasteiger partial charge < -0.3 is 5.73 Å². The normalized spacial score (nSPS) is 9.64. The first kappa shape index (κ1) is 15.7. The Hall–Kier alpha value is -4.21. The Morgan fingerprint density at radius 1 is 0.640 bits per heavy atom. The molecule has 0 fully saturated rings. The first-order valence-electron chi connectivity index (χ1n) is 7.23. The highest BCUT2D eigenvalue weighted by atomic mass is 14.6. The van der Waals surface area contributed by atoms with Crippen molar-refractivity contribution in [3.8, 4) is 40.5 Å². The molecule has 0 spiro atoms. The van der Waals surface area contributed by atoms with Crippen LogP contribution >= 0.6 is 0 Å². The summed E-state index contributed by atoms with van der Waals surface area (Å²) in [6.45, 7) is 0. The number of pyridine rings is 2. The summed E-state index contributed by atoms with van der Waals surface area (Å²) in [5.41, 5.74) is 8.68. The quantitative estimate of drug-likeness (QED) is 0.723. The number of rotatable bonds is 2. The van der Waals surface area contributed by atoms with Crippen LogP contribution in [-0.2, 0) is 0 Å². The lowest BCUT2D eigenvalue weighted by molar-refractivity contribution is 1.31. The number of hydrogen-bond acceptors (Lipinski definition) is 6. The number of nitrogens with zero attached hydrogens (tertiary/aromatic N) is 5. The predicted octanol–water partition coefficient (Wildman–Crippen LogP) is 3.01. The van der Waals surface area contributed by atoms with Gasteiger partial charge in [0.15, 0.2) is 0 Å². The Kier molecular flexibility index (Phi) is 4.08. The van der Waals surface area contributed by atoms with Crippen LogP contribution in [0, 0.1) is 34.0 Å². The highest BCUT2D eigenvalue weighted by Crippen LogP contribution is 2.40. The summed E-state index contributed by atoms with van der Waals surface area (Å²) in [5, 5.41) is 29.0. The lowest BCUT2D eigenvalue weighted by Crippen LogP contribution is -2.04. The Morgan fingerprint density at radius 3 is 1.32 bits per heavy atom. The summed E-state index contributed by atoms with van der Waals surface area (Å²) in [7, 11) is 0. The fourth-order valence-corrected chi connectivity index (χ4v) is 2.73. The van der Waals surface area contributed by atoms with Gasteiger partial charge in [0.25, 0.3) is 0 Å². The van der Waals surface area contributed by atoms with E-state index in [0.717, 1.165) is 0 Å². The van der Waals surface area contributed by atoms with E-state index in [2.05, 4.69) is 16.0 Å². The standard InChI is InChI=1S/C19H10N6/c20-9-14-17(12-1-5-24-6-2-12)15(10-21)19(23)16(11-22)18(14)13-3-7-25-8-4-13/h1-8H,23H2. The summed E-state index contributed by atoms with van der Waals surface area (Å²) in [6.07, 6.45) is 6.27. The van der Waals surface area contributed by atoms with Gasteiger partial charge in [0.05, 0.1) is 22.4 Å². The Labute approximate surface area is 144 Å². The fraction of sp³-hybridized carbons (Fsp3) is 0. The van der Waals surface area contributed by atoms with Crippen molar-refractivity contribution in [1.82, 2.24) is 9.97 Å². The molecule has 0 aliphatic carbocycles. The van der Waals surface area contributed by atoms with Crippen molar-refractivity contribution in [1.29, 1.82) is 15.8 Å². The molecular formula is C19H10N6. The molecule has 116 valence electrons. The van der Waals surface area contributed by atoms with Gasteiger partial charge in [-0.1, -0.05) is 0 Å². The van der Waals surface area contributed by atoms with Crippen molar-refractivity contribution >= 4 is 5.69 Å². The molecule has 2 heterocycles. The van der Waals surface area contributed by atoms with Gasteiger partial charge in [-0.2, -0.15) is 15.8 Å². The molecule has 0 aliphatic heterocycles. The lowest BCUT2D eigenvalue weighted by atomic mass is 9.85.